The van der Waals surface area contributed by atoms with Crippen LogP contribution in [-0.2, 0) is 11.3 Å². The Morgan fingerprint density at radius 1 is 1.48 bits per heavy atom. The van der Waals surface area contributed by atoms with E-state index in [0.29, 0.717) is 31.1 Å². The molecule has 1 aromatic heterocycles. The molecule has 0 bridgehead atoms. The van der Waals surface area contributed by atoms with Crippen LogP contribution in [0, 0.1) is 5.41 Å². The SMILES string of the molecule is COc1ccc2c(c1)OC[C@@]1(C(=O)O)CN(Cc3nncn3C(C)C)C[C@@H]21. The van der Waals surface area contributed by atoms with Gasteiger partial charge in [0.15, 0.2) is 0 Å². The minimum atomic E-state index is -0.954. The maximum absolute atomic E-state index is 12.2. The van der Waals surface area contributed by atoms with Gasteiger partial charge in [0.05, 0.1) is 13.7 Å². The van der Waals surface area contributed by atoms with E-state index in [9.17, 15) is 9.90 Å². The number of carboxylic acids is 1. The van der Waals surface area contributed by atoms with Crippen LogP contribution in [-0.4, -0.2) is 57.5 Å². The summed E-state index contributed by atoms with van der Waals surface area (Å²) in [5.41, 5.74) is -0.0261. The Morgan fingerprint density at radius 3 is 3.00 bits per heavy atom. The molecule has 2 aliphatic rings. The van der Waals surface area contributed by atoms with Crippen molar-refractivity contribution < 1.29 is 19.4 Å². The molecule has 2 aliphatic heterocycles. The Hall–Kier alpha value is -2.61. The van der Waals surface area contributed by atoms with Crippen LogP contribution >= 0.6 is 0 Å². The summed E-state index contributed by atoms with van der Waals surface area (Å²) in [6, 6.07) is 5.87. The molecule has 144 valence electrons. The first kappa shape index (κ1) is 17.8. The minimum absolute atomic E-state index is 0.139. The molecule has 0 amide bonds. The lowest BCUT2D eigenvalue weighted by molar-refractivity contribution is -0.151. The number of rotatable bonds is 5. The number of hydrogen-bond acceptors (Lipinski definition) is 6. The molecule has 8 heteroatoms. The molecule has 0 aliphatic carbocycles. The number of carboxylic acid groups (broad SMARTS) is 1. The molecule has 3 heterocycles. The Labute approximate surface area is 157 Å². The molecule has 1 aromatic carbocycles. The number of aliphatic carboxylic acids is 1. The first-order valence-electron chi connectivity index (χ1n) is 9.09. The summed E-state index contributed by atoms with van der Waals surface area (Å²) < 4.78 is 13.2. The molecule has 0 radical (unpaired) electrons. The van der Waals surface area contributed by atoms with Gasteiger partial charge in [-0.05, 0) is 19.9 Å². The van der Waals surface area contributed by atoms with Crippen LogP contribution in [0.2, 0.25) is 0 Å². The maximum atomic E-state index is 12.2. The highest BCUT2D eigenvalue weighted by atomic mass is 16.5. The predicted molar refractivity (Wildman–Crippen MR) is 97.0 cm³/mol. The Bertz CT molecular complexity index is 865. The molecular formula is C19H24N4O4. The van der Waals surface area contributed by atoms with E-state index >= 15 is 0 Å². The second-order valence-electron chi connectivity index (χ2n) is 7.62. The number of fused-ring (bicyclic) bond motifs is 3. The van der Waals surface area contributed by atoms with Gasteiger partial charge in [-0.1, -0.05) is 6.07 Å². The fourth-order valence-corrected chi connectivity index (χ4v) is 4.22. The molecule has 2 atom stereocenters. The molecule has 0 unspecified atom stereocenters. The van der Waals surface area contributed by atoms with Gasteiger partial charge in [0.2, 0.25) is 0 Å². The number of methoxy groups -OCH3 is 1. The van der Waals surface area contributed by atoms with Crippen LogP contribution in [0.15, 0.2) is 24.5 Å². The molecule has 0 saturated carbocycles. The minimum Gasteiger partial charge on any atom is -0.497 e. The summed E-state index contributed by atoms with van der Waals surface area (Å²) in [6.45, 7) is 5.93. The van der Waals surface area contributed by atoms with E-state index in [1.54, 1.807) is 13.4 Å². The van der Waals surface area contributed by atoms with E-state index < -0.39 is 11.4 Å². The van der Waals surface area contributed by atoms with Crippen molar-refractivity contribution in [3.63, 3.8) is 0 Å². The number of ether oxygens (including phenoxy) is 2. The molecular weight excluding hydrogens is 348 g/mol. The standard InChI is InChI=1S/C19H24N4O4/c1-12(2)23-11-20-21-17(23)8-22-7-15-14-5-4-13(26-3)6-16(14)27-10-19(15,9-22)18(24)25/h4-6,11-12,15H,7-10H2,1-3H3,(H,24,25)/t15-,19-/m0/s1. The highest BCUT2D eigenvalue weighted by Crippen LogP contribution is 2.50. The van der Waals surface area contributed by atoms with Gasteiger partial charge in [-0.2, -0.15) is 0 Å². The molecule has 8 nitrogen and oxygen atoms in total. The Morgan fingerprint density at radius 2 is 2.30 bits per heavy atom. The third kappa shape index (κ3) is 2.84. The summed E-state index contributed by atoms with van der Waals surface area (Å²) in [5.74, 6) is 1.31. The first-order chi connectivity index (χ1) is 12.9. The third-order valence-electron chi connectivity index (χ3n) is 5.69. The lowest BCUT2D eigenvalue weighted by Crippen LogP contribution is -2.45. The number of hydrogen-bond donors (Lipinski definition) is 1. The van der Waals surface area contributed by atoms with Gasteiger partial charge in [-0.15, -0.1) is 10.2 Å². The molecule has 1 fully saturated rings. The Balaban J connectivity index is 1.65. The summed E-state index contributed by atoms with van der Waals surface area (Å²) >= 11 is 0. The van der Waals surface area contributed by atoms with E-state index in [4.69, 9.17) is 9.47 Å². The molecule has 1 saturated heterocycles. The van der Waals surface area contributed by atoms with E-state index in [0.717, 1.165) is 11.4 Å². The molecule has 27 heavy (non-hydrogen) atoms. The Kier molecular flexibility index (Phi) is 4.30. The maximum Gasteiger partial charge on any atom is 0.315 e. The van der Waals surface area contributed by atoms with Gasteiger partial charge >= 0.3 is 5.97 Å². The van der Waals surface area contributed by atoms with Gasteiger partial charge in [0, 0.05) is 36.7 Å². The van der Waals surface area contributed by atoms with Crippen molar-refractivity contribution in [3.8, 4) is 11.5 Å². The fourth-order valence-electron chi connectivity index (χ4n) is 4.22. The van der Waals surface area contributed by atoms with Crippen molar-refractivity contribution in [2.45, 2.75) is 32.4 Å². The molecule has 0 spiro atoms. The number of carbonyl (C=O) groups is 1. The average molecular weight is 372 g/mol. The van der Waals surface area contributed by atoms with Crippen LogP contribution in [0.5, 0.6) is 11.5 Å². The van der Waals surface area contributed by atoms with Crippen LogP contribution in [0.25, 0.3) is 0 Å². The van der Waals surface area contributed by atoms with Gasteiger partial charge in [-0.25, -0.2) is 0 Å². The van der Waals surface area contributed by atoms with Crippen LogP contribution in [0.4, 0.5) is 0 Å². The zero-order valence-electron chi connectivity index (χ0n) is 15.8. The van der Waals surface area contributed by atoms with Gasteiger partial charge in [-0.3, -0.25) is 9.69 Å². The second-order valence-corrected chi connectivity index (χ2v) is 7.62. The topological polar surface area (TPSA) is 89.7 Å². The van der Waals surface area contributed by atoms with Crippen molar-refractivity contribution in [1.29, 1.82) is 0 Å². The lowest BCUT2D eigenvalue weighted by atomic mass is 9.73. The molecule has 2 aromatic rings. The van der Waals surface area contributed by atoms with Crippen molar-refractivity contribution in [2.24, 2.45) is 5.41 Å². The number of aromatic nitrogens is 3. The predicted octanol–water partition coefficient (Wildman–Crippen LogP) is 1.93. The van der Waals surface area contributed by atoms with Crippen molar-refractivity contribution in [1.82, 2.24) is 19.7 Å². The number of benzene rings is 1. The van der Waals surface area contributed by atoms with E-state index in [1.165, 1.54) is 0 Å². The van der Waals surface area contributed by atoms with Gasteiger partial charge in [0.25, 0.3) is 0 Å². The van der Waals surface area contributed by atoms with E-state index in [1.807, 2.05) is 22.8 Å². The van der Waals surface area contributed by atoms with Crippen LogP contribution in [0.1, 0.15) is 37.2 Å². The highest BCUT2D eigenvalue weighted by molar-refractivity contribution is 5.78. The normalized spacial score (nSPS) is 24.4. The second kappa shape index (κ2) is 6.53. The quantitative estimate of drug-likeness (QED) is 0.858. The summed E-state index contributed by atoms with van der Waals surface area (Å²) in [4.78, 5) is 14.4. The van der Waals surface area contributed by atoms with E-state index in [2.05, 4.69) is 28.9 Å². The first-order valence-corrected chi connectivity index (χ1v) is 9.09. The molecule has 1 N–H and O–H groups in total. The smallest absolute Gasteiger partial charge is 0.315 e. The largest absolute Gasteiger partial charge is 0.497 e. The van der Waals surface area contributed by atoms with Gasteiger partial charge < -0.3 is 19.1 Å². The summed E-state index contributed by atoms with van der Waals surface area (Å²) in [7, 11) is 1.61. The fraction of sp³-hybridized carbons (Fsp3) is 0.526. The summed E-state index contributed by atoms with van der Waals surface area (Å²) in [5, 5.41) is 18.3. The van der Waals surface area contributed by atoms with Crippen molar-refractivity contribution >= 4 is 5.97 Å². The van der Waals surface area contributed by atoms with Crippen LogP contribution < -0.4 is 9.47 Å². The molecule has 4 rings (SSSR count). The number of likely N-dealkylation sites (tertiary alicyclic amines) is 1. The van der Waals surface area contributed by atoms with Crippen molar-refractivity contribution in [2.75, 3.05) is 26.8 Å². The lowest BCUT2D eigenvalue weighted by Gasteiger charge is -2.36. The van der Waals surface area contributed by atoms with Gasteiger partial charge in [0.1, 0.15) is 35.7 Å². The van der Waals surface area contributed by atoms with Crippen LogP contribution in [0.3, 0.4) is 0 Å². The zero-order chi connectivity index (χ0) is 19.2. The summed E-state index contributed by atoms with van der Waals surface area (Å²) in [6.07, 6.45) is 1.72. The monoisotopic (exact) mass is 372 g/mol. The number of nitrogens with zero attached hydrogens (tertiary/aromatic N) is 4. The average Bonchev–Trinajstić information content (AvgIpc) is 3.26. The third-order valence-corrected chi connectivity index (χ3v) is 5.69. The highest BCUT2D eigenvalue weighted by Gasteiger charge is 2.56. The zero-order valence-corrected chi connectivity index (χ0v) is 15.8. The van der Waals surface area contributed by atoms with E-state index in [-0.39, 0.29) is 18.6 Å². The van der Waals surface area contributed by atoms with Crippen molar-refractivity contribution in [3.05, 3.63) is 35.9 Å².